The van der Waals surface area contributed by atoms with Gasteiger partial charge in [0.1, 0.15) is 15.9 Å². The van der Waals surface area contributed by atoms with Crippen molar-refractivity contribution in [1.82, 2.24) is 0 Å². The van der Waals surface area contributed by atoms with E-state index in [0.717, 1.165) is 31.5 Å². The van der Waals surface area contributed by atoms with Crippen LogP contribution < -0.4 is 0 Å². The van der Waals surface area contributed by atoms with Gasteiger partial charge in [0.15, 0.2) is 0 Å². The van der Waals surface area contributed by atoms with Crippen LogP contribution in [0.4, 0.5) is 0 Å². The molecule has 1 fully saturated rings. The highest BCUT2D eigenvalue weighted by atomic mass is 32.2. The lowest BCUT2D eigenvalue weighted by atomic mass is 9.97. The molecule has 6 heteroatoms. The van der Waals surface area contributed by atoms with Gasteiger partial charge in [-0.2, -0.15) is 0 Å². The van der Waals surface area contributed by atoms with Crippen molar-refractivity contribution in [3.8, 4) is 0 Å². The first-order valence-corrected chi connectivity index (χ1v) is 10.9. The van der Waals surface area contributed by atoms with Crippen molar-refractivity contribution in [2.45, 2.75) is 77.3 Å². The lowest BCUT2D eigenvalue weighted by molar-refractivity contribution is -0.971. The molecule has 1 saturated heterocycles. The molecule has 0 N–H and O–H groups in total. The number of likely N-dealkylation sites (tertiary alicyclic amines) is 1. The number of ketones is 1. The minimum absolute atomic E-state index is 0.178. The van der Waals surface area contributed by atoms with E-state index in [0.29, 0.717) is 17.9 Å². The summed E-state index contributed by atoms with van der Waals surface area (Å²) in [6.07, 6.45) is 4.04. The van der Waals surface area contributed by atoms with Crippen molar-refractivity contribution in [1.29, 1.82) is 0 Å². The Morgan fingerprint density at radius 2 is 1.42 bits per heavy atom. The Labute approximate surface area is 158 Å². The van der Waals surface area contributed by atoms with Crippen LogP contribution in [0.3, 0.4) is 0 Å². The number of hydrogen-bond acceptors (Lipinski definition) is 4. The fraction of sp³-hybridized carbons (Fsp3) is 0.650. The Hall–Kier alpha value is -1.24. The lowest BCUT2D eigenvalue weighted by Gasteiger charge is -2.49. The van der Waals surface area contributed by atoms with E-state index in [1.807, 2.05) is 6.92 Å². The second kappa shape index (κ2) is 9.62. The number of aryl methyl sites for hydroxylation is 1. The Balaban J connectivity index is 0.000000273. The van der Waals surface area contributed by atoms with Crippen LogP contribution in [0, 0.1) is 6.92 Å². The second-order valence-electron chi connectivity index (χ2n) is 7.37. The molecule has 1 heterocycles. The number of quaternary nitrogens is 1. The standard InChI is InChI=1S/C13H26NO.C7H8O3S/c1-5-11(3)14(12(4)6-2)9-7-13(15)8-10-14;1-6-2-4-7(5-3-6)11(8,9)10/h11-12H,5-10H2,1-4H3;2-5H,1H3,(H,8,9,10)/q+1;/p-1. The monoisotopic (exact) mass is 383 g/mol. The highest BCUT2D eigenvalue weighted by Crippen LogP contribution is 2.28. The van der Waals surface area contributed by atoms with Crippen molar-refractivity contribution >= 4 is 15.9 Å². The van der Waals surface area contributed by atoms with Gasteiger partial charge >= 0.3 is 0 Å². The molecule has 0 amide bonds. The molecule has 2 atom stereocenters. The highest BCUT2D eigenvalue weighted by molar-refractivity contribution is 7.85. The van der Waals surface area contributed by atoms with Gasteiger partial charge < -0.3 is 9.04 Å². The average molecular weight is 384 g/mol. The maximum atomic E-state index is 11.4. The molecular weight excluding hydrogens is 350 g/mol. The third-order valence-corrected chi connectivity index (χ3v) is 6.71. The highest BCUT2D eigenvalue weighted by Gasteiger charge is 2.40. The molecule has 1 aromatic carbocycles. The van der Waals surface area contributed by atoms with Crippen LogP contribution in [0.2, 0.25) is 0 Å². The van der Waals surface area contributed by atoms with Gasteiger partial charge in [0.05, 0.1) is 42.9 Å². The summed E-state index contributed by atoms with van der Waals surface area (Å²) in [5, 5.41) is 0. The number of piperidine rings is 1. The average Bonchev–Trinajstić information content (AvgIpc) is 2.61. The van der Waals surface area contributed by atoms with E-state index in [4.69, 9.17) is 0 Å². The molecule has 0 bridgehead atoms. The molecule has 0 aliphatic carbocycles. The SMILES string of the molecule is CCC(C)[N+]1(C(C)CC)CCC(=O)CC1.Cc1ccc(S(=O)(=O)[O-])cc1. The molecule has 148 valence electrons. The summed E-state index contributed by atoms with van der Waals surface area (Å²) in [7, 11) is -4.27. The van der Waals surface area contributed by atoms with Crippen molar-refractivity contribution in [3.05, 3.63) is 29.8 Å². The van der Waals surface area contributed by atoms with Crippen molar-refractivity contribution in [3.63, 3.8) is 0 Å². The number of rotatable bonds is 5. The largest absolute Gasteiger partial charge is 0.744 e. The number of nitrogens with zero attached hydrogens (tertiary/aromatic N) is 1. The summed E-state index contributed by atoms with van der Waals surface area (Å²) in [5.74, 6) is 0.468. The fourth-order valence-electron chi connectivity index (χ4n) is 3.65. The predicted molar refractivity (Wildman–Crippen MR) is 103 cm³/mol. The normalized spacial score (nSPS) is 19.2. The predicted octanol–water partition coefficient (Wildman–Crippen LogP) is 3.66. The number of Topliss-reactive ketones (excluding diaryl/α,β-unsaturated/α-hetero) is 1. The van der Waals surface area contributed by atoms with E-state index in [-0.39, 0.29) is 4.90 Å². The Morgan fingerprint density at radius 1 is 1.00 bits per heavy atom. The summed E-state index contributed by atoms with van der Waals surface area (Å²) in [6.45, 7) is 13.2. The number of hydrogen-bond donors (Lipinski definition) is 0. The summed E-state index contributed by atoms with van der Waals surface area (Å²) < 4.78 is 32.3. The zero-order chi connectivity index (χ0) is 20.0. The van der Waals surface area contributed by atoms with Crippen LogP contribution >= 0.6 is 0 Å². The molecule has 2 unspecified atom stereocenters. The minimum atomic E-state index is -4.27. The number of carbonyl (C=O) groups is 1. The van der Waals surface area contributed by atoms with E-state index in [2.05, 4.69) is 27.7 Å². The van der Waals surface area contributed by atoms with Crippen LogP contribution in [0.15, 0.2) is 29.2 Å². The van der Waals surface area contributed by atoms with Crippen LogP contribution in [-0.4, -0.2) is 48.4 Å². The van der Waals surface area contributed by atoms with E-state index in [1.54, 1.807) is 12.1 Å². The summed E-state index contributed by atoms with van der Waals surface area (Å²) in [5.41, 5.74) is 0.928. The zero-order valence-corrected chi connectivity index (χ0v) is 17.5. The molecule has 0 spiro atoms. The Morgan fingerprint density at radius 3 is 1.77 bits per heavy atom. The summed E-state index contributed by atoms with van der Waals surface area (Å²) >= 11 is 0. The van der Waals surface area contributed by atoms with Crippen molar-refractivity contribution < 1.29 is 22.2 Å². The molecule has 2 rings (SSSR count). The maximum absolute atomic E-state index is 11.4. The topological polar surface area (TPSA) is 74.3 Å². The summed E-state index contributed by atoms with van der Waals surface area (Å²) in [4.78, 5) is 11.2. The third kappa shape index (κ3) is 5.89. The molecule has 5 nitrogen and oxygen atoms in total. The van der Waals surface area contributed by atoms with Gasteiger partial charge in [-0.3, -0.25) is 4.79 Å². The van der Waals surface area contributed by atoms with Crippen LogP contribution in [0.5, 0.6) is 0 Å². The van der Waals surface area contributed by atoms with E-state index in [9.17, 15) is 17.8 Å². The molecule has 0 radical (unpaired) electrons. The van der Waals surface area contributed by atoms with Gasteiger partial charge in [-0.05, 0) is 45.7 Å². The van der Waals surface area contributed by atoms with E-state index >= 15 is 0 Å². The smallest absolute Gasteiger partial charge is 0.144 e. The van der Waals surface area contributed by atoms with Gasteiger partial charge in [0, 0.05) is 0 Å². The quantitative estimate of drug-likeness (QED) is 0.574. The molecule has 1 aliphatic rings. The molecule has 1 aliphatic heterocycles. The molecule has 26 heavy (non-hydrogen) atoms. The van der Waals surface area contributed by atoms with Crippen molar-refractivity contribution in [2.24, 2.45) is 0 Å². The van der Waals surface area contributed by atoms with Crippen LogP contribution in [0.1, 0.15) is 58.9 Å². The van der Waals surface area contributed by atoms with Gasteiger partial charge in [-0.15, -0.1) is 0 Å². The van der Waals surface area contributed by atoms with Gasteiger partial charge in [-0.25, -0.2) is 8.42 Å². The molecule has 0 aromatic heterocycles. The molecule has 0 saturated carbocycles. The number of benzene rings is 1. The first-order chi connectivity index (χ1) is 12.1. The molecular formula is C20H33NO4S. The lowest BCUT2D eigenvalue weighted by Crippen LogP contribution is -2.62. The minimum Gasteiger partial charge on any atom is -0.744 e. The van der Waals surface area contributed by atoms with Gasteiger partial charge in [-0.1, -0.05) is 31.5 Å². The van der Waals surface area contributed by atoms with Crippen molar-refractivity contribution in [2.75, 3.05) is 13.1 Å². The van der Waals surface area contributed by atoms with E-state index in [1.165, 1.54) is 29.5 Å². The van der Waals surface area contributed by atoms with Gasteiger partial charge in [0.25, 0.3) is 0 Å². The van der Waals surface area contributed by atoms with E-state index < -0.39 is 10.1 Å². The van der Waals surface area contributed by atoms with Crippen LogP contribution in [-0.2, 0) is 14.9 Å². The first kappa shape index (κ1) is 22.8. The van der Waals surface area contributed by atoms with Crippen LogP contribution in [0.25, 0.3) is 0 Å². The first-order valence-electron chi connectivity index (χ1n) is 9.47. The Bertz CT molecular complexity index is 660. The van der Waals surface area contributed by atoms with Gasteiger partial charge in [0.2, 0.25) is 0 Å². The fourth-order valence-corrected chi connectivity index (χ4v) is 4.12. The number of carbonyl (C=O) groups excluding carboxylic acids is 1. The third-order valence-electron chi connectivity index (χ3n) is 5.86. The summed E-state index contributed by atoms with van der Waals surface area (Å²) in [6, 6.07) is 7.19. The zero-order valence-electron chi connectivity index (χ0n) is 16.7. The maximum Gasteiger partial charge on any atom is 0.144 e. The molecule has 1 aromatic rings. The Kier molecular flexibility index (Phi) is 8.44. The second-order valence-corrected chi connectivity index (χ2v) is 8.75.